The molecule has 1 radical (unpaired) electrons. The summed E-state index contributed by atoms with van der Waals surface area (Å²) in [4.78, 5) is 16.6. The van der Waals surface area contributed by atoms with Crippen molar-refractivity contribution in [2.24, 2.45) is 0 Å². The molecule has 0 aliphatic carbocycles. The Morgan fingerprint density at radius 2 is 1.90 bits per heavy atom. The van der Waals surface area contributed by atoms with Crippen LogP contribution in [0.4, 0.5) is 0 Å². The molecule has 0 aliphatic rings. The zero-order chi connectivity index (χ0) is 13.8. The van der Waals surface area contributed by atoms with Crippen LogP contribution in [0.1, 0.15) is 15.9 Å². The topological polar surface area (TPSA) is 42.0 Å². The first kappa shape index (κ1) is 12.4. The first-order valence-electron chi connectivity index (χ1n) is 6.41. The molecule has 2 aromatic carbocycles. The van der Waals surface area contributed by atoms with Gasteiger partial charge >= 0.3 is 0 Å². The predicted molar refractivity (Wildman–Crippen MR) is 78.2 cm³/mol. The Kier molecular flexibility index (Phi) is 3.42. The molecule has 97 valence electrons. The van der Waals surface area contributed by atoms with Crippen molar-refractivity contribution in [3.05, 3.63) is 78.0 Å². The average molecular weight is 261 g/mol. The molecule has 1 aromatic heterocycles. The van der Waals surface area contributed by atoms with Crippen molar-refractivity contribution in [1.29, 1.82) is 0 Å². The van der Waals surface area contributed by atoms with Gasteiger partial charge in [-0.15, -0.1) is 0 Å². The first-order valence-corrected chi connectivity index (χ1v) is 6.41. The second-order valence-corrected chi connectivity index (χ2v) is 4.47. The van der Waals surface area contributed by atoms with E-state index in [-0.39, 0.29) is 5.91 Å². The number of pyridine rings is 1. The average Bonchev–Trinajstić information content (AvgIpc) is 2.53. The maximum atomic E-state index is 12.3. The van der Waals surface area contributed by atoms with Crippen molar-refractivity contribution >= 4 is 16.8 Å². The number of amides is 1. The lowest BCUT2D eigenvalue weighted by molar-refractivity contribution is 0.0952. The molecule has 0 bridgehead atoms. The van der Waals surface area contributed by atoms with Gasteiger partial charge in [0.1, 0.15) is 0 Å². The van der Waals surface area contributed by atoms with Crippen LogP contribution < -0.4 is 5.32 Å². The molecule has 0 saturated carbocycles. The Balaban J connectivity index is 1.82. The molecule has 3 nitrogen and oxygen atoms in total. The maximum Gasteiger partial charge on any atom is 0.253 e. The summed E-state index contributed by atoms with van der Waals surface area (Å²) in [5, 5.41) is 3.88. The lowest BCUT2D eigenvalue weighted by atomic mass is 10.1. The minimum atomic E-state index is -0.109. The van der Waals surface area contributed by atoms with Crippen LogP contribution in [0.25, 0.3) is 10.9 Å². The number of aromatic nitrogens is 1. The van der Waals surface area contributed by atoms with E-state index < -0.39 is 0 Å². The molecular weight excluding hydrogens is 248 g/mol. The summed E-state index contributed by atoms with van der Waals surface area (Å²) >= 11 is 0. The lowest BCUT2D eigenvalue weighted by Gasteiger charge is -2.07. The molecule has 20 heavy (non-hydrogen) atoms. The largest absolute Gasteiger partial charge is 0.348 e. The van der Waals surface area contributed by atoms with E-state index in [1.54, 1.807) is 12.3 Å². The van der Waals surface area contributed by atoms with Crippen LogP contribution in [0, 0.1) is 6.07 Å². The van der Waals surface area contributed by atoms with Gasteiger partial charge < -0.3 is 5.32 Å². The Hall–Kier alpha value is -2.68. The quantitative estimate of drug-likeness (QED) is 0.787. The van der Waals surface area contributed by atoms with Crippen LogP contribution in [0.2, 0.25) is 0 Å². The number of hydrogen-bond acceptors (Lipinski definition) is 2. The summed E-state index contributed by atoms with van der Waals surface area (Å²) in [7, 11) is 0. The van der Waals surface area contributed by atoms with Gasteiger partial charge in [0.15, 0.2) is 0 Å². The van der Waals surface area contributed by atoms with Crippen LogP contribution >= 0.6 is 0 Å². The standard InChI is InChI=1S/C17H13N2O/c20-17(19-12-13-6-2-1-3-7-13)15-10-4-8-14-9-5-11-18-16(14)15/h2-11H,12H2,(H,19,20). The summed E-state index contributed by atoms with van der Waals surface area (Å²) in [5.41, 5.74) is 2.38. The third-order valence-electron chi connectivity index (χ3n) is 3.12. The maximum absolute atomic E-state index is 12.3. The van der Waals surface area contributed by atoms with Crippen LogP contribution in [-0.2, 0) is 6.54 Å². The van der Waals surface area contributed by atoms with Crippen molar-refractivity contribution < 1.29 is 4.79 Å². The fourth-order valence-electron chi connectivity index (χ4n) is 2.10. The van der Waals surface area contributed by atoms with Crippen LogP contribution in [0.3, 0.4) is 0 Å². The molecule has 0 unspecified atom stereocenters. The smallest absolute Gasteiger partial charge is 0.253 e. The van der Waals surface area contributed by atoms with E-state index in [4.69, 9.17) is 0 Å². The Labute approximate surface area is 117 Å². The predicted octanol–water partition coefficient (Wildman–Crippen LogP) is 2.96. The molecule has 1 heterocycles. The summed E-state index contributed by atoms with van der Waals surface area (Å²) < 4.78 is 0. The first-order chi connectivity index (χ1) is 9.84. The van der Waals surface area contributed by atoms with E-state index in [9.17, 15) is 4.79 Å². The highest BCUT2D eigenvalue weighted by Gasteiger charge is 2.10. The fraction of sp³-hybridized carbons (Fsp3) is 0.0588. The van der Waals surface area contributed by atoms with Crippen molar-refractivity contribution in [3.63, 3.8) is 0 Å². The molecule has 1 amide bonds. The van der Waals surface area contributed by atoms with Crippen molar-refractivity contribution in [3.8, 4) is 0 Å². The minimum Gasteiger partial charge on any atom is -0.348 e. The number of carbonyl (C=O) groups excluding carboxylic acids is 1. The third kappa shape index (κ3) is 2.52. The molecule has 3 rings (SSSR count). The Morgan fingerprint density at radius 3 is 2.75 bits per heavy atom. The summed E-state index contributed by atoms with van der Waals surface area (Å²) in [6.45, 7) is 0.497. The highest BCUT2D eigenvalue weighted by molar-refractivity contribution is 6.05. The van der Waals surface area contributed by atoms with Gasteiger partial charge in [0.25, 0.3) is 5.91 Å². The van der Waals surface area contributed by atoms with Gasteiger partial charge in [0, 0.05) is 18.1 Å². The van der Waals surface area contributed by atoms with Crippen molar-refractivity contribution in [2.75, 3.05) is 0 Å². The zero-order valence-corrected chi connectivity index (χ0v) is 10.8. The van der Waals surface area contributed by atoms with Crippen molar-refractivity contribution in [1.82, 2.24) is 10.3 Å². The van der Waals surface area contributed by atoms with E-state index in [1.165, 1.54) is 0 Å². The molecule has 0 fully saturated rings. The minimum absolute atomic E-state index is 0.109. The van der Waals surface area contributed by atoms with Crippen molar-refractivity contribution in [2.45, 2.75) is 6.54 Å². The second-order valence-electron chi connectivity index (χ2n) is 4.47. The van der Waals surface area contributed by atoms with E-state index in [0.29, 0.717) is 12.1 Å². The number of rotatable bonds is 3. The molecule has 0 saturated heterocycles. The van der Waals surface area contributed by atoms with E-state index in [1.807, 2.05) is 48.5 Å². The number of para-hydroxylation sites is 1. The van der Waals surface area contributed by atoms with Gasteiger partial charge in [-0.1, -0.05) is 42.5 Å². The fourth-order valence-corrected chi connectivity index (χ4v) is 2.10. The van der Waals surface area contributed by atoms with Gasteiger partial charge in [0.2, 0.25) is 0 Å². The van der Waals surface area contributed by atoms with Gasteiger partial charge in [-0.3, -0.25) is 9.78 Å². The normalized spacial score (nSPS) is 10.4. The number of fused-ring (bicyclic) bond motifs is 1. The highest BCUT2D eigenvalue weighted by atomic mass is 16.1. The number of nitrogens with one attached hydrogen (secondary N) is 1. The molecule has 3 aromatic rings. The van der Waals surface area contributed by atoms with Crippen LogP contribution in [0.15, 0.2) is 60.8 Å². The van der Waals surface area contributed by atoms with Gasteiger partial charge in [-0.25, -0.2) is 0 Å². The molecule has 0 aliphatic heterocycles. The van der Waals surface area contributed by atoms with Gasteiger partial charge in [0.05, 0.1) is 11.1 Å². The Morgan fingerprint density at radius 1 is 1.10 bits per heavy atom. The van der Waals surface area contributed by atoms with E-state index in [2.05, 4.69) is 16.4 Å². The number of benzene rings is 2. The summed E-state index contributed by atoms with van der Waals surface area (Å²) in [5.74, 6) is -0.109. The highest BCUT2D eigenvalue weighted by Crippen LogP contribution is 2.15. The number of carbonyl (C=O) groups is 1. The summed E-state index contributed by atoms with van der Waals surface area (Å²) in [6.07, 6.45) is 1.70. The van der Waals surface area contributed by atoms with Crippen LogP contribution in [0.5, 0.6) is 0 Å². The second kappa shape index (κ2) is 5.53. The van der Waals surface area contributed by atoms with E-state index in [0.717, 1.165) is 16.5 Å². The SMILES string of the molecule is O=C(NCc1cc[c]cc1)c1cccc2cccnc12. The molecule has 1 N–H and O–H groups in total. The Bertz CT molecular complexity index is 733. The lowest BCUT2D eigenvalue weighted by Crippen LogP contribution is -2.23. The molecular formula is C17H13N2O. The third-order valence-corrected chi connectivity index (χ3v) is 3.12. The zero-order valence-electron chi connectivity index (χ0n) is 10.8. The summed E-state index contributed by atoms with van der Waals surface area (Å²) in [6, 6.07) is 19.9. The van der Waals surface area contributed by atoms with E-state index >= 15 is 0 Å². The monoisotopic (exact) mass is 261 g/mol. The van der Waals surface area contributed by atoms with Gasteiger partial charge in [-0.2, -0.15) is 0 Å². The molecule has 0 atom stereocenters. The molecule has 3 heteroatoms. The van der Waals surface area contributed by atoms with Gasteiger partial charge in [-0.05, 0) is 23.8 Å². The van der Waals surface area contributed by atoms with Crippen LogP contribution in [-0.4, -0.2) is 10.9 Å². The molecule has 0 spiro atoms. The number of nitrogens with zero attached hydrogens (tertiary/aromatic N) is 1. The number of hydrogen-bond donors (Lipinski definition) is 1.